The first kappa shape index (κ1) is 28.9. The normalized spacial score (nSPS) is 20.2. The van der Waals surface area contributed by atoms with Gasteiger partial charge in [-0.15, -0.1) is 24.0 Å². The van der Waals surface area contributed by atoms with Crippen molar-refractivity contribution in [1.82, 2.24) is 19.4 Å². The Morgan fingerprint density at radius 2 is 1.74 bits per heavy atom. The first-order chi connectivity index (χ1) is 14.4. The monoisotopic (exact) mass is 573 g/mol. The van der Waals surface area contributed by atoms with E-state index in [2.05, 4.69) is 29.0 Å². The summed E-state index contributed by atoms with van der Waals surface area (Å²) in [4.78, 5) is 9.57. The van der Waals surface area contributed by atoms with E-state index in [4.69, 9.17) is 9.73 Å². The molecule has 2 rings (SSSR count). The summed E-state index contributed by atoms with van der Waals surface area (Å²) >= 11 is 0. The van der Waals surface area contributed by atoms with Crippen molar-refractivity contribution in [2.45, 2.75) is 53.1 Å². The van der Waals surface area contributed by atoms with E-state index < -0.39 is 10.0 Å². The van der Waals surface area contributed by atoms with E-state index >= 15 is 0 Å². The fourth-order valence-electron chi connectivity index (χ4n) is 4.07. The summed E-state index contributed by atoms with van der Waals surface area (Å²) in [6, 6.07) is 0. The predicted molar refractivity (Wildman–Crippen MR) is 139 cm³/mol. The van der Waals surface area contributed by atoms with Crippen LogP contribution in [0.4, 0.5) is 0 Å². The molecule has 10 heteroatoms. The highest BCUT2D eigenvalue weighted by molar-refractivity contribution is 14.0. The molecule has 1 N–H and O–H groups in total. The van der Waals surface area contributed by atoms with Crippen LogP contribution in [-0.2, 0) is 14.8 Å². The number of ether oxygens (including phenoxy) is 1. The molecular weight excluding hydrogens is 529 g/mol. The van der Waals surface area contributed by atoms with Crippen LogP contribution in [0.2, 0.25) is 0 Å². The molecule has 0 spiro atoms. The van der Waals surface area contributed by atoms with Gasteiger partial charge in [0.1, 0.15) is 0 Å². The Morgan fingerprint density at radius 3 is 2.29 bits per heavy atom. The van der Waals surface area contributed by atoms with E-state index in [9.17, 15) is 8.42 Å². The molecule has 0 radical (unpaired) electrons. The van der Waals surface area contributed by atoms with Crippen molar-refractivity contribution in [3.05, 3.63) is 0 Å². The number of nitrogens with zero attached hydrogens (tertiary/aromatic N) is 4. The summed E-state index contributed by atoms with van der Waals surface area (Å²) in [5, 5.41) is 3.39. The van der Waals surface area contributed by atoms with Crippen molar-refractivity contribution in [2.24, 2.45) is 10.9 Å². The summed E-state index contributed by atoms with van der Waals surface area (Å²) in [5.41, 5.74) is 0. The highest BCUT2D eigenvalue weighted by Crippen LogP contribution is 2.20. The van der Waals surface area contributed by atoms with E-state index in [1.807, 2.05) is 13.8 Å². The lowest BCUT2D eigenvalue weighted by molar-refractivity contribution is 0.0904. The van der Waals surface area contributed by atoms with Gasteiger partial charge < -0.3 is 19.9 Å². The average Bonchev–Trinajstić information content (AvgIpc) is 2.73. The zero-order valence-corrected chi connectivity index (χ0v) is 23.0. The van der Waals surface area contributed by atoms with Gasteiger partial charge in [0.2, 0.25) is 10.0 Å². The molecule has 0 aromatic heterocycles. The van der Waals surface area contributed by atoms with Crippen LogP contribution in [0, 0.1) is 5.92 Å². The number of rotatable bonds is 10. The van der Waals surface area contributed by atoms with Crippen molar-refractivity contribution in [1.29, 1.82) is 0 Å². The van der Waals surface area contributed by atoms with Crippen LogP contribution in [0.5, 0.6) is 0 Å². The first-order valence-electron chi connectivity index (χ1n) is 11.7. The van der Waals surface area contributed by atoms with Crippen LogP contribution < -0.4 is 5.32 Å². The number of likely N-dealkylation sites (tertiary alicyclic amines) is 1. The maximum absolute atomic E-state index is 12.5. The Hall–Kier alpha value is -0.170. The van der Waals surface area contributed by atoms with Gasteiger partial charge in [-0.3, -0.25) is 4.99 Å². The molecule has 0 amide bonds. The Kier molecular flexibility index (Phi) is 13.8. The summed E-state index contributed by atoms with van der Waals surface area (Å²) in [6.45, 7) is 16.0. The first-order valence-corrected chi connectivity index (χ1v) is 13.3. The minimum Gasteiger partial charge on any atom is -0.378 e. The van der Waals surface area contributed by atoms with Crippen molar-refractivity contribution in [3.8, 4) is 0 Å². The zero-order valence-electron chi connectivity index (χ0n) is 19.9. The van der Waals surface area contributed by atoms with E-state index in [-0.39, 0.29) is 42.4 Å². The van der Waals surface area contributed by atoms with Gasteiger partial charge in [-0.05, 0) is 65.6 Å². The summed E-state index contributed by atoms with van der Waals surface area (Å²) in [5.74, 6) is 1.74. The number of halogens is 1. The van der Waals surface area contributed by atoms with Crippen LogP contribution in [0.3, 0.4) is 0 Å². The Labute approximate surface area is 207 Å². The quantitative estimate of drug-likeness (QED) is 0.245. The zero-order chi connectivity index (χ0) is 22.0. The Morgan fingerprint density at radius 1 is 1.10 bits per heavy atom. The Balaban J connectivity index is 0.00000480. The number of nitrogens with one attached hydrogen (secondary N) is 1. The lowest BCUT2D eigenvalue weighted by Crippen LogP contribution is -2.54. The number of piperazine rings is 1. The summed E-state index contributed by atoms with van der Waals surface area (Å²) in [7, 11) is -3.26. The molecule has 2 heterocycles. The van der Waals surface area contributed by atoms with Crippen LogP contribution in [0.25, 0.3) is 0 Å². The van der Waals surface area contributed by atoms with Crippen molar-refractivity contribution in [3.63, 3.8) is 0 Å². The second kappa shape index (κ2) is 14.9. The molecule has 0 saturated carbocycles. The maximum Gasteiger partial charge on any atom is 0.216 e. The maximum atomic E-state index is 12.5. The lowest BCUT2D eigenvalue weighted by atomic mass is 9.94. The van der Waals surface area contributed by atoms with Crippen LogP contribution in [-0.4, -0.2) is 106 Å². The van der Waals surface area contributed by atoms with Gasteiger partial charge in [0, 0.05) is 39.3 Å². The van der Waals surface area contributed by atoms with Crippen molar-refractivity contribution >= 4 is 40.0 Å². The standard InChI is InChI=1S/C21H43N5O3S.HI/c1-5-22-21(23-10-7-20-8-11-24(6-2)12-9-20)25-13-15-26(16-14-25)30(27,28)18-17-29-19(3)4;/h19-20H,5-18H2,1-4H3,(H,22,23);1H. The fourth-order valence-corrected chi connectivity index (χ4v) is 5.35. The van der Waals surface area contributed by atoms with Gasteiger partial charge in [-0.25, -0.2) is 8.42 Å². The molecule has 2 saturated heterocycles. The van der Waals surface area contributed by atoms with Crippen LogP contribution in [0.15, 0.2) is 4.99 Å². The molecule has 0 bridgehead atoms. The second-order valence-electron chi connectivity index (χ2n) is 8.52. The number of hydrogen-bond donors (Lipinski definition) is 1. The topological polar surface area (TPSA) is 77.5 Å². The van der Waals surface area contributed by atoms with E-state index in [1.165, 1.54) is 25.9 Å². The third kappa shape index (κ3) is 10.1. The predicted octanol–water partition coefficient (Wildman–Crippen LogP) is 2.06. The molecule has 0 atom stereocenters. The van der Waals surface area contributed by atoms with Crippen molar-refractivity contribution < 1.29 is 13.2 Å². The smallest absolute Gasteiger partial charge is 0.216 e. The number of aliphatic imine (C=N–C) groups is 1. The Bertz CT molecular complexity index is 617. The minimum atomic E-state index is -3.26. The minimum absolute atomic E-state index is 0. The van der Waals surface area contributed by atoms with Gasteiger partial charge in [-0.1, -0.05) is 6.92 Å². The van der Waals surface area contributed by atoms with E-state index in [0.717, 1.165) is 37.9 Å². The second-order valence-corrected chi connectivity index (χ2v) is 10.6. The highest BCUT2D eigenvalue weighted by Gasteiger charge is 2.28. The van der Waals surface area contributed by atoms with Gasteiger partial charge in [0.15, 0.2) is 5.96 Å². The molecule has 0 unspecified atom stereocenters. The molecular formula is C21H44IN5O3S. The molecule has 2 fully saturated rings. The number of hydrogen-bond acceptors (Lipinski definition) is 5. The molecule has 184 valence electrons. The SMILES string of the molecule is CCNC(=NCCC1CCN(CC)CC1)N1CCN(S(=O)(=O)CCOC(C)C)CC1.I. The van der Waals surface area contributed by atoms with Gasteiger partial charge >= 0.3 is 0 Å². The van der Waals surface area contributed by atoms with Crippen molar-refractivity contribution in [2.75, 3.05) is 71.3 Å². The fraction of sp³-hybridized carbons (Fsp3) is 0.952. The van der Waals surface area contributed by atoms with E-state index in [1.54, 1.807) is 4.31 Å². The highest BCUT2D eigenvalue weighted by atomic mass is 127. The molecule has 0 aliphatic carbocycles. The summed E-state index contributed by atoms with van der Waals surface area (Å²) in [6.07, 6.45) is 3.74. The molecule has 0 aromatic rings. The average molecular weight is 574 g/mol. The molecule has 0 aromatic carbocycles. The van der Waals surface area contributed by atoms with Crippen LogP contribution >= 0.6 is 24.0 Å². The van der Waals surface area contributed by atoms with Gasteiger partial charge in [-0.2, -0.15) is 4.31 Å². The molecule has 2 aliphatic heterocycles. The third-order valence-corrected chi connectivity index (χ3v) is 7.85. The molecule has 31 heavy (non-hydrogen) atoms. The van der Waals surface area contributed by atoms with Gasteiger partial charge in [0.25, 0.3) is 0 Å². The third-order valence-electron chi connectivity index (χ3n) is 6.01. The van der Waals surface area contributed by atoms with E-state index in [0.29, 0.717) is 26.2 Å². The summed E-state index contributed by atoms with van der Waals surface area (Å²) < 4.78 is 32.1. The van der Waals surface area contributed by atoms with Gasteiger partial charge in [0.05, 0.1) is 18.5 Å². The van der Waals surface area contributed by atoms with Crippen LogP contribution in [0.1, 0.15) is 47.0 Å². The number of piperidine rings is 1. The lowest BCUT2D eigenvalue weighted by Gasteiger charge is -2.36. The largest absolute Gasteiger partial charge is 0.378 e. The number of guanidine groups is 1. The molecule has 8 nitrogen and oxygen atoms in total. The number of sulfonamides is 1. The molecule has 2 aliphatic rings.